The van der Waals surface area contributed by atoms with Crippen molar-refractivity contribution in [1.82, 2.24) is 14.5 Å². The maximum Gasteiger partial charge on any atom is 0.223 e. The number of carbonyl (C=O) groups is 1. The molecule has 3 heterocycles. The Morgan fingerprint density at radius 3 is 2.58 bits per heavy atom. The third kappa shape index (κ3) is 2.98. The van der Waals surface area contributed by atoms with E-state index in [0.29, 0.717) is 17.9 Å². The summed E-state index contributed by atoms with van der Waals surface area (Å²) in [5.41, 5.74) is 1.96. The highest BCUT2D eigenvalue weighted by molar-refractivity contribution is 6.30. The number of carbonyl (C=O) groups excluding carboxylic acids is 1. The molecule has 1 saturated heterocycles. The number of likely N-dealkylation sites (tertiary alicyclic amines) is 1. The highest BCUT2D eigenvalue weighted by atomic mass is 35.5. The van der Waals surface area contributed by atoms with Crippen molar-refractivity contribution in [2.75, 3.05) is 0 Å². The summed E-state index contributed by atoms with van der Waals surface area (Å²) in [7, 11) is 0. The minimum absolute atomic E-state index is 0.163. The van der Waals surface area contributed by atoms with Crippen molar-refractivity contribution < 1.29 is 9.90 Å². The molecular formula is C25H26ClN3O2. The molecule has 3 atom stereocenters. The maximum absolute atomic E-state index is 13.3. The highest BCUT2D eigenvalue weighted by Gasteiger charge is 2.47. The molecule has 2 aromatic carbocycles. The summed E-state index contributed by atoms with van der Waals surface area (Å²) in [6.07, 6.45) is 6.71. The number of imidazole rings is 1. The van der Waals surface area contributed by atoms with Crippen molar-refractivity contribution in [3.05, 3.63) is 71.0 Å². The van der Waals surface area contributed by atoms with Gasteiger partial charge in [0, 0.05) is 47.0 Å². The Balaban J connectivity index is 1.63. The fourth-order valence-corrected chi connectivity index (χ4v) is 5.72. The number of halogens is 1. The normalized spacial score (nSPS) is 24.3. The average Bonchev–Trinajstić information content (AvgIpc) is 3.43. The Morgan fingerprint density at radius 2 is 1.87 bits per heavy atom. The zero-order valence-corrected chi connectivity index (χ0v) is 18.5. The van der Waals surface area contributed by atoms with Crippen LogP contribution in [0.15, 0.2) is 54.9 Å². The number of phenols is 1. The van der Waals surface area contributed by atoms with Crippen molar-refractivity contribution in [3.63, 3.8) is 0 Å². The predicted octanol–water partition coefficient (Wildman–Crippen LogP) is 5.19. The number of aromatic hydroxyl groups is 1. The van der Waals surface area contributed by atoms with Crippen molar-refractivity contribution in [1.29, 1.82) is 0 Å². The fourth-order valence-electron chi connectivity index (χ4n) is 5.59. The highest BCUT2D eigenvalue weighted by Crippen LogP contribution is 2.53. The molecule has 0 radical (unpaired) electrons. The number of hydrogen-bond donors (Lipinski definition) is 1. The van der Waals surface area contributed by atoms with E-state index in [0.717, 1.165) is 35.4 Å². The number of nitrogens with zero attached hydrogens (tertiary/aromatic N) is 3. The number of fused-ring (bicyclic) bond motifs is 3. The lowest BCUT2D eigenvalue weighted by Crippen LogP contribution is -2.40. The third-order valence-electron chi connectivity index (χ3n) is 7.01. The quantitative estimate of drug-likeness (QED) is 0.613. The zero-order chi connectivity index (χ0) is 21.8. The van der Waals surface area contributed by atoms with Crippen LogP contribution in [0, 0.1) is 0 Å². The van der Waals surface area contributed by atoms with Gasteiger partial charge in [-0.05, 0) is 56.9 Å². The molecule has 0 saturated carbocycles. The molecule has 2 aliphatic rings. The molecule has 160 valence electrons. The second-order valence-corrected chi connectivity index (χ2v) is 9.20. The fraction of sp³-hybridized carbons (Fsp3) is 0.360. The molecule has 5 rings (SSSR count). The Morgan fingerprint density at radius 1 is 1.16 bits per heavy atom. The summed E-state index contributed by atoms with van der Waals surface area (Å²) in [6.45, 7) is 4.25. The minimum Gasteiger partial charge on any atom is -0.508 e. The molecular weight excluding hydrogens is 410 g/mol. The minimum atomic E-state index is -0.723. The SMILES string of the molecule is CC1CCC(C)N1C(=O)CCC1(c2ccc(Cl)cc2)c2c(O)cccc2-c2nccn21. The van der Waals surface area contributed by atoms with Crippen LogP contribution in [0.1, 0.15) is 50.7 Å². The molecule has 0 bridgehead atoms. The molecule has 1 fully saturated rings. The molecule has 0 aliphatic carbocycles. The number of aromatic nitrogens is 2. The molecule has 6 heteroatoms. The molecule has 31 heavy (non-hydrogen) atoms. The molecule has 3 unspecified atom stereocenters. The van der Waals surface area contributed by atoms with E-state index in [4.69, 9.17) is 11.6 Å². The van der Waals surface area contributed by atoms with Crippen molar-refractivity contribution in [2.24, 2.45) is 0 Å². The monoisotopic (exact) mass is 435 g/mol. The van der Waals surface area contributed by atoms with Gasteiger partial charge in [0.2, 0.25) is 5.91 Å². The maximum atomic E-state index is 13.3. The van der Waals surface area contributed by atoms with Gasteiger partial charge in [-0.1, -0.05) is 35.9 Å². The summed E-state index contributed by atoms with van der Waals surface area (Å²) >= 11 is 6.19. The number of benzene rings is 2. The molecule has 1 aromatic heterocycles. The van der Waals surface area contributed by atoms with Gasteiger partial charge in [-0.15, -0.1) is 0 Å². The number of hydrogen-bond acceptors (Lipinski definition) is 3. The van der Waals surface area contributed by atoms with Crippen molar-refractivity contribution in [3.8, 4) is 17.1 Å². The molecule has 1 amide bonds. The standard InChI is InChI=1S/C25H26ClN3O2/c1-16-6-7-17(2)29(16)22(31)12-13-25(18-8-10-19(26)11-9-18)23-20(4-3-5-21(23)30)24-27-14-15-28(24)25/h3-5,8-11,14-17,30H,6-7,12-13H2,1-2H3. The Labute approximate surface area is 187 Å². The molecule has 2 aliphatic heterocycles. The molecule has 1 N–H and O–H groups in total. The van der Waals surface area contributed by atoms with Gasteiger partial charge in [0.25, 0.3) is 0 Å². The lowest BCUT2D eigenvalue weighted by atomic mass is 9.78. The van der Waals surface area contributed by atoms with Gasteiger partial charge in [0.05, 0.1) is 0 Å². The Kier molecular flexibility index (Phi) is 4.82. The van der Waals surface area contributed by atoms with Gasteiger partial charge in [0.15, 0.2) is 0 Å². The van der Waals surface area contributed by atoms with Crippen LogP contribution in [0.5, 0.6) is 5.75 Å². The first-order chi connectivity index (χ1) is 14.9. The summed E-state index contributed by atoms with van der Waals surface area (Å²) in [4.78, 5) is 19.9. The number of amides is 1. The first kappa shape index (κ1) is 20.1. The van der Waals surface area contributed by atoms with Crippen LogP contribution in [-0.4, -0.2) is 37.5 Å². The van der Waals surface area contributed by atoms with Gasteiger partial charge < -0.3 is 14.6 Å². The second-order valence-electron chi connectivity index (χ2n) is 8.76. The van der Waals surface area contributed by atoms with Gasteiger partial charge in [0.1, 0.15) is 17.1 Å². The number of rotatable bonds is 4. The van der Waals surface area contributed by atoms with Gasteiger partial charge >= 0.3 is 0 Å². The van der Waals surface area contributed by atoms with Crippen LogP contribution in [0.3, 0.4) is 0 Å². The first-order valence-electron chi connectivity index (χ1n) is 10.9. The van der Waals surface area contributed by atoms with Crippen molar-refractivity contribution in [2.45, 2.75) is 57.2 Å². The van der Waals surface area contributed by atoms with Gasteiger partial charge in [-0.2, -0.15) is 0 Å². The van der Waals surface area contributed by atoms with E-state index >= 15 is 0 Å². The first-order valence-corrected chi connectivity index (χ1v) is 11.2. The van der Waals surface area contributed by atoms with Crippen LogP contribution in [0.2, 0.25) is 5.02 Å². The van der Waals surface area contributed by atoms with E-state index in [9.17, 15) is 9.90 Å². The van der Waals surface area contributed by atoms with Crippen LogP contribution >= 0.6 is 11.6 Å². The summed E-state index contributed by atoms with van der Waals surface area (Å²) in [5, 5.41) is 11.6. The average molecular weight is 436 g/mol. The van der Waals surface area contributed by atoms with E-state index in [1.807, 2.05) is 47.5 Å². The van der Waals surface area contributed by atoms with Crippen LogP contribution in [0.4, 0.5) is 0 Å². The molecule has 0 spiro atoms. The Bertz CT molecular complexity index is 1130. The van der Waals surface area contributed by atoms with E-state index in [-0.39, 0.29) is 23.7 Å². The van der Waals surface area contributed by atoms with Gasteiger partial charge in [-0.25, -0.2) is 4.98 Å². The lowest BCUT2D eigenvalue weighted by Gasteiger charge is -2.35. The van der Waals surface area contributed by atoms with Crippen LogP contribution < -0.4 is 0 Å². The van der Waals surface area contributed by atoms with E-state index in [1.54, 1.807) is 12.3 Å². The second kappa shape index (κ2) is 7.41. The summed E-state index contributed by atoms with van der Waals surface area (Å²) in [5.74, 6) is 1.18. The molecule has 3 aromatic rings. The van der Waals surface area contributed by atoms with Gasteiger partial charge in [-0.3, -0.25) is 4.79 Å². The van der Waals surface area contributed by atoms with E-state index in [2.05, 4.69) is 23.4 Å². The largest absolute Gasteiger partial charge is 0.508 e. The van der Waals surface area contributed by atoms with Crippen LogP contribution in [-0.2, 0) is 10.3 Å². The topological polar surface area (TPSA) is 58.4 Å². The lowest BCUT2D eigenvalue weighted by molar-refractivity contribution is -0.133. The smallest absolute Gasteiger partial charge is 0.223 e. The zero-order valence-electron chi connectivity index (χ0n) is 17.8. The summed E-state index contributed by atoms with van der Waals surface area (Å²) < 4.78 is 2.10. The van der Waals surface area contributed by atoms with Crippen LogP contribution in [0.25, 0.3) is 11.4 Å². The van der Waals surface area contributed by atoms with Crippen molar-refractivity contribution >= 4 is 17.5 Å². The van der Waals surface area contributed by atoms with E-state index < -0.39 is 5.54 Å². The number of phenolic OH excluding ortho intramolecular Hbond substituents is 1. The van der Waals surface area contributed by atoms with E-state index in [1.165, 1.54) is 0 Å². The Hall–Kier alpha value is -2.79. The third-order valence-corrected chi connectivity index (χ3v) is 7.26. The molecule has 5 nitrogen and oxygen atoms in total. The summed E-state index contributed by atoms with van der Waals surface area (Å²) in [6, 6.07) is 13.8. The predicted molar refractivity (Wildman–Crippen MR) is 121 cm³/mol.